The minimum atomic E-state index is -0.373. The van der Waals surface area contributed by atoms with Gasteiger partial charge < -0.3 is 0 Å². The Kier molecular flexibility index (Phi) is 4.38. The first-order valence-electron chi connectivity index (χ1n) is 7.44. The summed E-state index contributed by atoms with van der Waals surface area (Å²) in [6, 6.07) is 14.5. The number of ether oxygens (including phenoxy) is 3. The number of fused-ring (bicyclic) bond motifs is 1. The van der Waals surface area contributed by atoms with Crippen LogP contribution in [0.15, 0.2) is 46.9 Å². The van der Waals surface area contributed by atoms with E-state index in [1.54, 1.807) is 14.2 Å². The Morgan fingerprint density at radius 3 is 2.35 bits per heavy atom. The fraction of sp³-hybridized carbons (Fsp3) is 0.263. The summed E-state index contributed by atoms with van der Waals surface area (Å²) in [6.45, 7) is 4.21. The SMILES string of the molecule is COc1ccc2c(c1OC)OC(C)(C)C([Se]c1ccccc1)=C2. The maximum absolute atomic E-state index is 6.31. The third kappa shape index (κ3) is 3.10. The molecular weight excluding hydrogens is 355 g/mol. The van der Waals surface area contributed by atoms with Crippen LogP contribution in [-0.2, 0) is 0 Å². The molecule has 2 aromatic rings. The molecule has 0 saturated carbocycles. The summed E-state index contributed by atoms with van der Waals surface area (Å²) in [6.07, 6.45) is 2.23. The van der Waals surface area contributed by atoms with E-state index in [9.17, 15) is 0 Å². The minimum absolute atomic E-state index is 0.218. The molecule has 2 aromatic carbocycles. The Morgan fingerprint density at radius 2 is 1.70 bits per heavy atom. The van der Waals surface area contributed by atoms with Gasteiger partial charge in [-0.15, -0.1) is 0 Å². The van der Waals surface area contributed by atoms with E-state index in [1.165, 1.54) is 8.93 Å². The van der Waals surface area contributed by atoms with Crippen LogP contribution in [0.2, 0.25) is 0 Å². The molecule has 120 valence electrons. The third-order valence-electron chi connectivity index (χ3n) is 3.74. The van der Waals surface area contributed by atoms with E-state index < -0.39 is 0 Å². The topological polar surface area (TPSA) is 27.7 Å². The zero-order valence-corrected chi connectivity index (χ0v) is 15.5. The molecule has 1 aliphatic heterocycles. The van der Waals surface area contributed by atoms with Crippen LogP contribution in [-0.4, -0.2) is 34.8 Å². The summed E-state index contributed by atoms with van der Waals surface area (Å²) >= 11 is 0.218. The standard InChI is InChI=1S/C19H20O3Se/c1-19(2)16(23-14-8-6-5-7-9-14)12-13-10-11-15(20-3)18(21-4)17(13)22-19/h5-12H,1-4H3. The molecule has 0 aliphatic carbocycles. The van der Waals surface area contributed by atoms with E-state index in [4.69, 9.17) is 14.2 Å². The van der Waals surface area contributed by atoms with E-state index in [1.807, 2.05) is 18.2 Å². The monoisotopic (exact) mass is 376 g/mol. The molecule has 3 nitrogen and oxygen atoms in total. The van der Waals surface area contributed by atoms with E-state index in [0.717, 1.165) is 11.3 Å². The van der Waals surface area contributed by atoms with Crippen molar-refractivity contribution in [2.75, 3.05) is 14.2 Å². The Bertz CT molecular complexity index is 736. The van der Waals surface area contributed by atoms with Gasteiger partial charge in [-0.1, -0.05) is 0 Å². The summed E-state index contributed by atoms with van der Waals surface area (Å²) in [4.78, 5) is 0. The molecule has 0 saturated heterocycles. The van der Waals surface area contributed by atoms with Gasteiger partial charge >= 0.3 is 143 Å². The first-order chi connectivity index (χ1) is 11.0. The van der Waals surface area contributed by atoms with Crippen LogP contribution in [0.4, 0.5) is 0 Å². The summed E-state index contributed by atoms with van der Waals surface area (Å²) < 4.78 is 19.8. The van der Waals surface area contributed by atoms with Crippen molar-refractivity contribution in [3.05, 3.63) is 52.5 Å². The van der Waals surface area contributed by atoms with Gasteiger partial charge in [0, 0.05) is 0 Å². The van der Waals surface area contributed by atoms with Crippen molar-refractivity contribution in [3.63, 3.8) is 0 Å². The van der Waals surface area contributed by atoms with Crippen molar-refractivity contribution in [2.45, 2.75) is 19.4 Å². The molecule has 0 amide bonds. The van der Waals surface area contributed by atoms with E-state index in [0.29, 0.717) is 11.5 Å². The second-order valence-corrected chi connectivity index (χ2v) is 8.10. The van der Waals surface area contributed by atoms with Crippen molar-refractivity contribution in [3.8, 4) is 17.2 Å². The second kappa shape index (κ2) is 6.31. The predicted octanol–water partition coefficient (Wildman–Crippen LogP) is 3.25. The summed E-state index contributed by atoms with van der Waals surface area (Å²) in [5.41, 5.74) is 0.664. The summed E-state index contributed by atoms with van der Waals surface area (Å²) in [5.74, 6) is 2.09. The van der Waals surface area contributed by atoms with Gasteiger partial charge in [-0.2, -0.15) is 0 Å². The van der Waals surface area contributed by atoms with Gasteiger partial charge in [0.2, 0.25) is 0 Å². The molecule has 0 radical (unpaired) electrons. The average Bonchev–Trinajstić information content (AvgIpc) is 2.55. The fourth-order valence-electron chi connectivity index (χ4n) is 2.52. The van der Waals surface area contributed by atoms with E-state index in [-0.39, 0.29) is 20.6 Å². The Labute approximate surface area is 143 Å². The van der Waals surface area contributed by atoms with Crippen molar-refractivity contribution in [1.29, 1.82) is 0 Å². The van der Waals surface area contributed by atoms with Crippen LogP contribution in [0.1, 0.15) is 19.4 Å². The Balaban J connectivity index is 2.04. The molecular formula is C19H20O3Se. The zero-order chi connectivity index (χ0) is 16.4. The molecule has 0 N–H and O–H groups in total. The van der Waals surface area contributed by atoms with Gasteiger partial charge in [-0.05, 0) is 0 Å². The van der Waals surface area contributed by atoms with Crippen LogP contribution in [0.3, 0.4) is 0 Å². The van der Waals surface area contributed by atoms with Gasteiger partial charge in [0.05, 0.1) is 0 Å². The van der Waals surface area contributed by atoms with E-state index >= 15 is 0 Å². The number of rotatable bonds is 4. The first kappa shape index (κ1) is 16.0. The van der Waals surface area contributed by atoms with Crippen molar-refractivity contribution < 1.29 is 14.2 Å². The number of hydrogen-bond donors (Lipinski definition) is 0. The molecule has 1 heterocycles. The number of hydrogen-bond acceptors (Lipinski definition) is 3. The molecule has 0 bridgehead atoms. The summed E-state index contributed by atoms with van der Waals surface area (Å²) in [5, 5.41) is 0. The molecule has 23 heavy (non-hydrogen) atoms. The molecule has 0 fully saturated rings. The molecule has 0 spiro atoms. The Hall–Kier alpha value is -1.90. The fourth-order valence-corrected chi connectivity index (χ4v) is 4.66. The van der Waals surface area contributed by atoms with Crippen molar-refractivity contribution in [2.24, 2.45) is 0 Å². The van der Waals surface area contributed by atoms with Crippen LogP contribution in [0.5, 0.6) is 17.2 Å². The first-order valence-corrected chi connectivity index (χ1v) is 9.15. The van der Waals surface area contributed by atoms with Crippen LogP contribution in [0, 0.1) is 0 Å². The number of benzene rings is 2. The van der Waals surface area contributed by atoms with Gasteiger partial charge in [0.15, 0.2) is 0 Å². The van der Waals surface area contributed by atoms with Gasteiger partial charge in [0.1, 0.15) is 0 Å². The normalized spacial score (nSPS) is 15.2. The van der Waals surface area contributed by atoms with Crippen LogP contribution < -0.4 is 18.7 Å². The molecule has 0 atom stereocenters. The van der Waals surface area contributed by atoms with Crippen molar-refractivity contribution >= 4 is 25.5 Å². The maximum atomic E-state index is 6.31. The summed E-state index contributed by atoms with van der Waals surface area (Å²) in [7, 11) is 3.28. The van der Waals surface area contributed by atoms with Crippen LogP contribution >= 0.6 is 0 Å². The third-order valence-corrected chi connectivity index (χ3v) is 6.54. The predicted molar refractivity (Wildman–Crippen MR) is 94.1 cm³/mol. The molecule has 0 unspecified atom stereocenters. The quantitative estimate of drug-likeness (QED) is 0.768. The number of methoxy groups -OCH3 is 2. The molecule has 0 aromatic heterocycles. The molecule has 4 heteroatoms. The molecule has 3 rings (SSSR count). The van der Waals surface area contributed by atoms with Gasteiger partial charge in [-0.25, -0.2) is 0 Å². The zero-order valence-electron chi connectivity index (χ0n) is 13.8. The Morgan fingerprint density at radius 1 is 0.957 bits per heavy atom. The average molecular weight is 375 g/mol. The molecule has 1 aliphatic rings. The second-order valence-electron chi connectivity index (χ2n) is 5.76. The van der Waals surface area contributed by atoms with Crippen LogP contribution in [0.25, 0.3) is 6.08 Å². The van der Waals surface area contributed by atoms with Gasteiger partial charge in [-0.3, -0.25) is 0 Å². The van der Waals surface area contributed by atoms with E-state index in [2.05, 4.69) is 44.2 Å². The van der Waals surface area contributed by atoms with Gasteiger partial charge in [0.25, 0.3) is 0 Å². The van der Waals surface area contributed by atoms with Crippen molar-refractivity contribution in [1.82, 2.24) is 0 Å².